The molecule has 4 heterocycles. The zero-order chi connectivity index (χ0) is 19.7. The van der Waals surface area contributed by atoms with E-state index in [0.29, 0.717) is 24.6 Å². The lowest BCUT2D eigenvalue weighted by molar-refractivity contribution is -0.133. The fraction of sp³-hybridized carbons (Fsp3) is 0.350. The molecule has 0 saturated carbocycles. The van der Waals surface area contributed by atoms with Gasteiger partial charge in [-0.1, -0.05) is 0 Å². The number of carbonyl (C=O) groups excluding carboxylic acids is 1. The third-order valence-corrected chi connectivity index (χ3v) is 5.22. The molecule has 1 amide bonds. The first-order chi connectivity index (χ1) is 13.5. The van der Waals surface area contributed by atoms with Crippen molar-refractivity contribution in [3.05, 3.63) is 64.7 Å². The monoisotopic (exact) mass is 378 g/mol. The molecule has 1 fully saturated rings. The van der Waals surface area contributed by atoms with Crippen LogP contribution in [0.5, 0.6) is 0 Å². The first kappa shape index (κ1) is 18.1. The Balaban J connectivity index is 1.53. The van der Waals surface area contributed by atoms with Gasteiger partial charge in [-0.3, -0.25) is 19.3 Å². The molecule has 0 aliphatic carbocycles. The Morgan fingerprint density at radius 2 is 2.04 bits per heavy atom. The minimum Gasteiger partial charge on any atom is -0.340 e. The van der Waals surface area contributed by atoms with Gasteiger partial charge in [0.1, 0.15) is 11.9 Å². The smallest absolute Gasteiger partial charge is 0.251 e. The van der Waals surface area contributed by atoms with Crippen LogP contribution in [0.15, 0.2) is 47.7 Å². The van der Waals surface area contributed by atoms with E-state index in [1.807, 2.05) is 36.9 Å². The second-order valence-electron chi connectivity index (χ2n) is 7.11. The summed E-state index contributed by atoms with van der Waals surface area (Å²) in [4.78, 5) is 38.4. The summed E-state index contributed by atoms with van der Waals surface area (Å²) in [6, 6.07) is 6.66. The van der Waals surface area contributed by atoms with Crippen molar-refractivity contribution in [3.63, 3.8) is 0 Å². The van der Waals surface area contributed by atoms with Crippen molar-refractivity contribution in [3.8, 4) is 11.3 Å². The van der Waals surface area contributed by atoms with Crippen LogP contribution in [0.3, 0.4) is 0 Å². The van der Waals surface area contributed by atoms with Crippen LogP contribution in [0.4, 0.5) is 0 Å². The molecule has 8 heteroatoms. The highest BCUT2D eigenvalue weighted by molar-refractivity contribution is 5.80. The van der Waals surface area contributed by atoms with Gasteiger partial charge in [-0.2, -0.15) is 5.10 Å². The zero-order valence-corrected chi connectivity index (χ0v) is 15.9. The van der Waals surface area contributed by atoms with E-state index >= 15 is 0 Å². The molecule has 0 aromatic carbocycles. The Labute approximate surface area is 162 Å². The molecular weight excluding hydrogens is 356 g/mol. The van der Waals surface area contributed by atoms with Crippen molar-refractivity contribution >= 4 is 5.91 Å². The lowest BCUT2D eigenvalue weighted by atomic mass is 10.1. The van der Waals surface area contributed by atoms with Crippen molar-refractivity contribution in [2.75, 3.05) is 13.1 Å². The average Bonchev–Trinajstić information content (AvgIpc) is 3.36. The Hall–Kier alpha value is -3.29. The Morgan fingerprint density at radius 1 is 1.25 bits per heavy atom. The van der Waals surface area contributed by atoms with E-state index in [4.69, 9.17) is 0 Å². The summed E-state index contributed by atoms with van der Waals surface area (Å²) in [6.45, 7) is 4.96. The fourth-order valence-corrected chi connectivity index (χ4v) is 3.68. The van der Waals surface area contributed by atoms with Crippen molar-refractivity contribution in [2.45, 2.75) is 32.2 Å². The van der Waals surface area contributed by atoms with Crippen LogP contribution in [-0.4, -0.2) is 48.6 Å². The second kappa shape index (κ2) is 7.38. The second-order valence-corrected chi connectivity index (χ2v) is 7.11. The third kappa shape index (κ3) is 3.45. The van der Waals surface area contributed by atoms with E-state index in [-0.39, 0.29) is 23.4 Å². The maximum atomic E-state index is 12.9. The average molecular weight is 378 g/mol. The van der Waals surface area contributed by atoms with E-state index < -0.39 is 0 Å². The number of aromatic nitrogens is 5. The largest absolute Gasteiger partial charge is 0.340 e. The van der Waals surface area contributed by atoms with Crippen molar-refractivity contribution in [1.29, 1.82) is 0 Å². The van der Waals surface area contributed by atoms with Crippen LogP contribution in [0.1, 0.15) is 36.8 Å². The maximum Gasteiger partial charge on any atom is 0.251 e. The number of nitrogens with one attached hydrogen (secondary N) is 1. The molecule has 0 bridgehead atoms. The van der Waals surface area contributed by atoms with Crippen molar-refractivity contribution in [1.82, 2.24) is 29.6 Å². The van der Waals surface area contributed by atoms with E-state index in [1.54, 1.807) is 23.3 Å². The molecule has 1 N–H and O–H groups in total. The highest BCUT2D eigenvalue weighted by Crippen LogP contribution is 2.27. The summed E-state index contributed by atoms with van der Waals surface area (Å²) < 4.78 is 1.74. The molecule has 0 spiro atoms. The zero-order valence-electron chi connectivity index (χ0n) is 15.9. The van der Waals surface area contributed by atoms with Crippen molar-refractivity contribution in [2.24, 2.45) is 0 Å². The molecular formula is C20H22N6O2. The summed E-state index contributed by atoms with van der Waals surface area (Å²) >= 11 is 0. The Kier molecular flexibility index (Phi) is 4.77. The Morgan fingerprint density at radius 3 is 2.75 bits per heavy atom. The van der Waals surface area contributed by atoms with Gasteiger partial charge in [0.15, 0.2) is 0 Å². The normalized spacial score (nSPS) is 17.6. The van der Waals surface area contributed by atoms with Gasteiger partial charge < -0.3 is 9.88 Å². The predicted octanol–water partition coefficient (Wildman–Crippen LogP) is 1.91. The topological polar surface area (TPSA) is 96.8 Å². The predicted molar refractivity (Wildman–Crippen MR) is 104 cm³/mol. The van der Waals surface area contributed by atoms with Crippen LogP contribution < -0.4 is 5.56 Å². The van der Waals surface area contributed by atoms with E-state index in [0.717, 1.165) is 17.7 Å². The summed E-state index contributed by atoms with van der Waals surface area (Å²) in [5.41, 5.74) is 2.22. The lowest BCUT2D eigenvalue weighted by Crippen LogP contribution is -2.35. The number of amides is 1. The number of carbonyl (C=O) groups is 1. The SMILES string of the molecule is Cc1ccnn1[C@H](C)C(=O)N1CC[C@H](c2nc(-c3ccncc3)cc(=O)[nH]2)C1. The minimum absolute atomic E-state index is 0.00403. The van der Waals surface area contributed by atoms with E-state index in [1.165, 1.54) is 6.07 Å². The number of H-pyrrole nitrogens is 1. The van der Waals surface area contributed by atoms with Crippen LogP contribution >= 0.6 is 0 Å². The highest BCUT2D eigenvalue weighted by atomic mass is 16.2. The quantitative estimate of drug-likeness (QED) is 0.748. The Bertz CT molecular complexity index is 1040. The van der Waals surface area contributed by atoms with E-state index in [2.05, 4.69) is 20.1 Å². The van der Waals surface area contributed by atoms with Gasteiger partial charge in [0.2, 0.25) is 5.91 Å². The van der Waals surface area contributed by atoms with Gasteiger partial charge in [-0.25, -0.2) is 4.98 Å². The number of rotatable bonds is 4. The number of likely N-dealkylation sites (tertiary alicyclic amines) is 1. The first-order valence-electron chi connectivity index (χ1n) is 9.33. The lowest BCUT2D eigenvalue weighted by Gasteiger charge is -2.22. The number of aryl methyl sites for hydroxylation is 1. The molecule has 1 aliphatic rings. The molecule has 4 rings (SSSR count). The summed E-state index contributed by atoms with van der Waals surface area (Å²) in [5, 5.41) is 4.25. The number of hydrogen-bond donors (Lipinski definition) is 1. The number of nitrogens with zero attached hydrogens (tertiary/aromatic N) is 5. The van der Waals surface area contributed by atoms with Gasteiger partial charge in [-0.15, -0.1) is 0 Å². The van der Waals surface area contributed by atoms with Crippen LogP contribution in [0, 0.1) is 6.92 Å². The first-order valence-corrected chi connectivity index (χ1v) is 9.33. The van der Waals surface area contributed by atoms with Gasteiger partial charge in [0.25, 0.3) is 5.56 Å². The maximum absolute atomic E-state index is 12.9. The van der Waals surface area contributed by atoms with Gasteiger partial charge in [0.05, 0.1) is 5.69 Å². The molecule has 2 atom stereocenters. The number of hydrogen-bond acceptors (Lipinski definition) is 5. The standard InChI is InChI=1S/C20H22N6O2/c1-13-3-9-22-26(13)14(2)20(28)25-10-6-16(12-25)19-23-17(11-18(27)24-19)15-4-7-21-8-5-15/h3-5,7-9,11,14,16H,6,10,12H2,1-2H3,(H,23,24,27)/t14-,16+/m1/s1. The third-order valence-electron chi connectivity index (χ3n) is 5.22. The summed E-state index contributed by atoms with van der Waals surface area (Å²) in [7, 11) is 0. The fourth-order valence-electron chi connectivity index (χ4n) is 3.68. The molecule has 0 radical (unpaired) electrons. The molecule has 8 nitrogen and oxygen atoms in total. The van der Waals surface area contributed by atoms with Crippen molar-refractivity contribution < 1.29 is 4.79 Å². The summed E-state index contributed by atoms with van der Waals surface area (Å²) in [5.74, 6) is 0.656. The highest BCUT2D eigenvalue weighted by Gasteiger charge is 2.32. The number of pyridine rings is 1. The molecule has 0 unspecified atom stereocenters. The van der Waals surface area contributed by atoms with Gasteiger partial charge in [-0.05, 0) is 38.5 Å². The molecule has 144 valence electrons. The van der Waals surface area contributed by atoms with Crippen LogP contribution in [0.25, 0.3) is 11.3 Å². The molecule has 3 aromatic rings. The van der Waals surface area contributed by atoms with Crippen LogP contribution in [-0.2, 0) is 4.79 Å². The molecule has 1 aliphatic heterocycles. The van der Waals surface area contributed by atoms with Gasteiger partial charge >= 0.3 is 0 Å². The number of aromatic amines is 1. The molecule has 1 saturated heterocycles. The summed E-state index contributed by atoms with van der Waals surface area (Å²) in [6.07, 6.45) is 5.81. The molecule has 3 aromatic heterocycles. The minimum atomic E-state index is -0.357. The molecule has 28 heavy (non-hydrogen) atoms. The van der Waals surface area contributed by atoms with Crippen LogP contribution in [0.2, 0.25) is 0 Å². The van der Waals surface area contributed by atoms with E-state index in [9.17, 15) is 9.59 Å². The van der Waals surface area contributed by atoms with Gasteiger partial charge in [0, 0.05) is 54.9 Å².